The smallest absolute Gasteiger partial charge is 0.258 e. The molecule has 2 aromatic carbocycles. The molecule has 0 unspecified atom stereocenters. The normalized spacial score (nSPS) is 14.4. The molecule has 1 saturated heterocycles. The zero-order valence-electron chi connectivity index (χ0n) is 19.6. The lowest BCUT2D eigenvalue weighted by Gasteiger charge is -2.34. The molecule has 1 N–H and O–H groups in total. The van der Waals surface area contributed by atoms with Crippen molar-refractivity contribution in [2.24, 2.45) is 0 Å². The summed E-state index contributed by atoms with van der Waals surface area (Å²) in [5, 5.41) is 3.67. The van der Waals surface area contributed by atoms with Crippen molar-refractivity contribution in [2.45, 2.75) is 19.4 Å². The number of methoxy groups -OCH3 is 1. The van der Waals surface area contributed by atoms with Crippen molar-refractivity contribution >= 4 is 28.1 Å². The molecule has 4 aromatic rings. The van der Waals surface area contributed by atoms with Gasteiger partial charge in [-0.25, -0.2) is 9.97 Å². The van der Waals surface area contributed by atoms with Crippen LogP contribution in [0.1, 0.15) is 17.9 Å². The van der Waals surface area contributed by atoms with Gasteiger partial charge in [-0.3, -0.25) is 14.5 Å². The molecule has 2 aromatic heterocycles. The molecule has 0 saturated carbocycles. The average Bonchev–Trinajstić information content (AvgIpc) is 3.36. The summed E-state index contributed by atoms with van der Waals surface area (Å²) >= 11 is 1.64. The molecule has 3 heterocycles. The van der Waals surface area contributed by atoms with Crippen LogP contribution in [0.4, 0.5) is 0 Å². The summed E-state index contributed by atoms with van der Waals surface area (Å²) in [5.41, 5.74) is 2.62. The highest BCUT2D eigenvalue weighted by Crippen LogP contribution is 2.26. The van der Waals surface area contributed by atoms with Crippen LogP contribution >= 0.6 is 11.3 Å². The van der Waals surface area contributed by atoms with Crippen LogP contribution in [0.2, 0.25) is 0 Å². The van der Waals surface area contributed by atoms with E-state index in [1.54, 1.807) is 24.5 Å². The number of aromatic amines is 1. The molecule has 0 bridgehead atoms. The summed E-state index contributed by atoms with van der Waals surface area (Å²) in [5.74, 6) is 1.48. The van der Waals surface area contributed by atoms with Crippen LogP contribution in [0, 0.1) is 0 Å². The number of aryl methyl sites for hydroxylation is 1. The second-order valence-corrected chi connectivity index (χ2v) is 9.42. The predicted octanol–water partition coefficient (Wildman–Crippen LogP) is 3.33. The third kappa shape index (κ3) is 5.41. The minimum atomic E-state index is -0.163. The monoisotopic (exact) mass is 489 g/mol. The van der Waals surface area contributed by atoms with Gasteiger partial charge in [0.2, 0.25) is 5.91 Å². The second-order valence-electron chi connectivity index (χ2n) is 8.56. The number of nitrogens with one attached hydrogen (secondary N) is 1. The number of carbonyl (C=O) groups is 1. The van der Waals surface area contributed by atoms with Crippen molar-refractivity contribution < 1.29 is 9.53 Å². The van der Waals surface area contributed by atoms with Gasteiger partial charge in [-0.05, 0) is 36.4 Å². The first kappa shape index (κ1) is 23.2. The maximum Gasteiger partial charge on any atom is 0.258 e. The number of rotatable bonds is 7. The van der Waals surface area contributed by atoms with Gasteiger partial charge in [0, 0.05) is 56.5 Å². The maximum absolute atomic E-state index is 12.8. The number of aromatic nitrogens is 3. The summed E-state index contributed by atoms with van der Waals surface area (Å²) in [6.07, 6.45) is 0.755. The molecule has 0 atom stereocenters. The van der Waals surface area contributed by atoms with Crippen molar-refractivity contribution in [1.82, 2.24) is 24.8 Å². The van der Waals surface area contributed by atoms with E-state index in [-0.39, 0.29) is 11.5 Å². The van der Waals surface area contributed by atoms with E-state index in [4.69, 9.17) is 9.72 Å². The summed E-state index contributed by atoms with van der Waals surface area (Å²) in [6, 6.07) is 15.2. The molecule has 9 heteroatoms. The molecule has 0 aliphatic carbocycles. The average molecular weight is 490 g/mol. The van der Waals surface area contributed by atoms with Crippen molar-refractivity contribution in [3.05, 3.63) is 75.8 Å². The number of fused-ring (bicyclic) bond motifs is 1. The largest absolute Gasteiger partial charge is 0.497 e. The summed E-state index contributed by atoms with van der Waals surface area (Å²) in [4.78, 5) is 41.3. The summed E-state index contributed by atoms with van der Waals surface area (Å²) < 4.78 is 5.23. The summed E-state index contributed by atoms with van der Waals surface area (Å²) in [7, 11) is 1.66. The number of nitrogens with zero attached hydrogens (tertiary/aromatic N) is 4. The lowest BCUT2D eigenvalue weighted by atomic mass is 10.2. The molecule has 5 rings (SSSR count). The number of thiazole rings is 1. The van der Waals surface area contributed by atoms with E-state index in [9.17, 15) is 9.59 Å². The third-order valence-electron chi connectivity index (χ3n) is 6.24. The first-order valence-corrected chi connectivity index (χ1v) is 12.5. The van der Waals surface area contributed by atoms with Crippen LogP contribution in [0.5, 0.6) is 5.75 Å². The first-order chi connectivity index (χ1) is 17.1. The minimum Gasteiger partial charge on any atom is -0.497 e. The van der Waals surface area contributed by atoms with Crippen LogP contribution in [0.15, 0.2) is 58.7 Å². The number of H-pyrrole nitrogens is 1. The van der Waals surface area contributed by atoms with Crippen LogP contribution in [-0.2, 0) is 17.8 Å². The van der Waals surface area contributed by atoms with E-state index in [2.05, 4.69) is 20.2 Å². The number of piperazine rings is 1. The number of hydrogen-bond acceptors (Lipinski definition) is 7. The van der Waals surface area contributed by atoms with Crippen LogP contribution in [0.25, 0.3) is 21.5 Å². The molecule has 8 nitrogen and oxygen atoms in total. The van der Waals surface area contributed by atoms with Gasteiger partial charge in [0.1, 0.15) is 16.6 Å². The number of carbonyl (C=O) groups excluding carboxylic acids is 1. The van der Waals surface area contributed by atoms with E-state index in [1.807, 2.05) is 47.4 Å². The Morgan fingerprint density at radius 2 is 1.83 bits per heavy atom. The van der Waals surface area contributed by atoms with Gasteiger partial charge in [-0.1, -0.05) is 12.1 Å². The van der Waals surface area contributed by atoms with Crippen LogP contribution in [-0.4, -0.2) is 63.9 Å². The van der Waals surface area contributed by atoms with Crippen molar-refractivity contribution in [3.8, 4) is 16.3 Å². The number of amides is 1. The molecule has 0 radical (unpaired) electrons. The van der Waals surface area contributed by atoms with Gasteiger partial charge in [0.05, 0.1) is 23.7 Å². The second kappa shape index (κ2) is 10.4. The Kier molecular flexibility index (Phi) is 6.87. The Balaban J connectivity index is 1.11. The SMILES string of the molecule is COc1ccc(-c2nc(CN3CCN(C(=O)CCc4nc5ccccc5c(=O)[nH]4)CC3)cs2)cc1. The van der Waals surface area contributed by atoms with Crippen molar-refractivity contribution in [1.29, 1.82) is 0 Å². The molecule has 1 amide bonds. The van der Waals surface area contributed by atoms with Crippen molar-refractivity contribution in [2.75, 3.05) is 33.3 Å². The quantitative estimate of drug-likeness (QED) is 0.428. The van der Waals surface area contributed by atoms with Crippen LogP contribution in [0.3, 0.4) is 0 Å². The van der Waals surface area contributed by atoms with Gasteiger partial charge in [-0.15, -0.1) is 11.3 Å². The van der Waals surface area contributed by atoms with E-state index in [1.165, 1.54) is 0 Å². The molecule has 1 aliphatic heterocycles. The fraction of sp³-hybridized carbons (Fsp3) is 0.308. The number of benzene rings is 2. The fourth-order valence-electron chi connectivity index (χ4n) is 4.27. The highest BCUT2D eigenvalue weighted by atomic mass is 32.1. The Bertz CT molecular complexity index is 1370. The van der Waals surface area contributed by atoms with Gasteiger partial charge in [0.15, 0.2) is 0 Å². The zero-order valence-corrected chi connectivity index (χ0v) is 20.4. The molecular weight excluding hydrogens is 462 g/mol. The topological polar surface area (TPSA) is 91.4 Å². The Morgan fingerprint density at radius 3 is 2.60 bits per heavy atom. The minimum absolute atomic E-state index is 0.0934. The van der Waals surface area contributed by atoms with E-state index in [0.717, 1.165) is 41.6 Å². The maximum atomic E-state index is 12.8. The molecule has 35 heavy (non-hydrogen) atoms. The van der Waals surface area contributed by atoms with E-state index >= 15 is 0 Å². The first-order valence-electron chi connectivity index (χ1n) is 11.7. The zero-order chi connectivity index (χ0) is 24.2. The number of hydrogen-bond donors (Lipinski definition) is 1. The number of ether oxygens (including phenoxy) is 1. The Hall–Kier alpha value is -3.56. The standard InChI is InChI=1S/C26H27N5O3S/c1-34-20-8-6-18(7-9-20)26-27-19(17-35-26)16-30-12-14-31(15-13-30)24(32)11-10-23-28-22-5-3-2-4-21(22)25(33)29-23/h2-9,17H,10-16H2,1H3,(H,28,29,33). The van der Waals surface area contributed by atoms with Gasteiger partial charge < -0.3 is 14.6 Å². The molecule has 0 spiro atoms. The van der Waals surface area contributed by atoms with E-state index in [0.29, 0.717) is 42.7 Å². The number of para-hydroxylation sites is 1. The molecule has 180 valence electrons. The van der Waals surface area contributed by atoms with Gasteiger partial charge in [0.25, 0.3) is 5.56 Å². The third-order valence-corrected chi connectivity index (χ3v) is 7.18. The highest BCUT2D eigenvalue weighted by Gasteiger charge is 2.22. The fourth-order valence-corrected chi connectivity index (χ4v) is 5.08. The Labute approximate surface area is 207 Å². The van der Waals surface area contributed by atoms with Gasteiger partial charge >= 0.3 is 0 Å². The lowest BCUT2D eigenvalue weighted by molar-refractivity contribution is -0.133. The Morgan fingerprint density at radius 1 is 1.06 bits per heavy atom. The van der Waals surface area contributed by atoms with Crippen molar-refractivity contribution in [3.63, 3.8) is 0 Å². The van der Waals surface area contributed by atoms with E-state index < -0.39 is 0 Å². The molecule has 1 fully saturated rings. The molecule has 1 aliphatic rings. The summed E-state index contributed by atoms with van der Waals surface area (Å²) in [6.45, 7) is 3.78. The van der Waals surface area contributed by atoms with Gasteiger partial charge in [-0.2, -0.15) is 0 Å². The highest BCUT2D eigenvalue weighted by molar-refractivity contribution is 7.13. The predicted molar refractivity (Wildman–Crippen MR) is 137 cm³/mol. The lowest BCUT2D eigenvalue weighted by Crippen LogP contribution is -2.48. The van der Waals surface area contributed by atoms with Crippen LogP contribution < -0.4 is 10.3 Å². The molecular formula is C26H27N5O3S.